The third-order valence-corrected chi connectivity index (χ3v) is 3.17. The maximum Gasteiger partial charge on any atom is 0.313 e. The van der Waals surface area contributed by atoms with Gasteiger partial charge in [0.1, 0.15) is 11.6 Å². The third-order valence-electron chi connectivity index (χ3n) is 3.17. The molecule has 1 rings (SSSR count). The van der Waals surface area contributed by atoms with Crippen molar-refractivity contribution in [1.82, 2.24) is 0 Å². The molecule has 0 amide bonds. The Morgan fingerprint density at radius 3 is 2.56 bits per heavy atom. The van der Waals surface area contributed by atoms with Crippen LogP contribution in [-0.2, 0) is 9.53 Å². The number of benzene rings is 1. The summed E-state index contributed by atoms with van der Waals surface area (Å²) < 4.78 is 18.4. The van der Waals surface area contributed by atoms with E-state index in [0.717, 1.165) is 0 Å². The molecule has 5 heteroatoms. The number of phenols is 1. The van der Waals surface area contributed by atoms with Crippen molar-refractivity contribution < 1.29 is 19.0 Å². The number of halogens is 1. The molecule has 0 saturated heterocycles. The molecule has 0 unspecified atom stereocenters. The van der Waals surface area contributed by atoms with Crippen LogP contribution in [-0.4, -0.2) is 18.2 Å². The summed E-state index contributed by atoms with van der Waals surface area (Å²) in [4.78, 5) is 11.6. The Hall–Kier alpha value is -1.62. The standard InChI is InChI=1S/C13H18FNO3/c1-7-5-6-8(14)9(10(7)16)11(15)13(2,3)12(17)18-4/h5-6,11,16H,15H2,1-4H3/t11-/m1/s1. The Morgan fingerprint density at radius 1 is 1.50 bits per heavy atom. The van der Waals surface area contributed by atoms with E-state index in [9.17, 15) is 14.3 Å². The fraction of sp³-hybridized carbons (Fsp3) is 0.462. The van der Waals surface area contributed by atoms with E-state index in [4.69, 9.17) is 5.73 Å². The van der Waals surface area contributed by atoms with Crippen LogP contribution in [0.2, 0.25) is 0 Å². The Morgan fingerprint density at radius 2 is 2.06 bits per heavy atom. The molecule has 1 atom stereocenters. The van der Waals surface area contributed by atoms with Gasteiger partial charge < -0.3 is 15.6 Å². The molecule has 0 aliphatic rings. The lowest BCUT2D eigenvalue weighted by atomic mass is 9.80. The molecule has 0 radical (unpaired) electrons. The maximum absolute atomic E-state index is 13.8. The van der Waals surface area contributed by atoms with Crippen LogP contribution in [0.3, 0.4) is 0 Å². The van der Waals surface area contributed by atoms with E-state index in [1.165, 1.54) is 19.2 Å². The lowest BCUT2D eigenvalue weighted by Gasteiger charge is -2.29. The maximum atomic E-state index is 13.8. The first kappa shape index (κ1) is 14.4. The van der Waals surface area contributed by atoms with Crippen molar-refractivity contribution in [3.8, 4) is 5.75 Å². The summed E-state index contributed by atoms with van der Waals surface area (Å²) in [7, 11) is 1.24. The SMILES string of the molecule is COC(=O)C(C)(C)[C@H](N)c1c(F)ccc(C)c1O. The number of nitrogens with two attached hydrogens (primary N) is 1. The number of rotatable bonds is 3. The van der Waals surface area contributed by atoms with Crippen LogP contribution in [0.15, 0.2) is 12.1 Å². The molecule has 0 heterocycles. The van der Waals surface area contributed by atoms with Crippen molar-refractivity contribution in [2.45, 2.75) is 26.8 Å². The highest BCUT2D eigenvalue weighted by molar-refractivity contribution is 5.77. The second-order valence-corrected chi connectivity index (χ2v) is 4.82. The number of carbonyl (C=O) groups is 1. The van der Waals surface area contributed by atoms with E-state index in [1.54, 1.807) is 20.8 Å². The van der Waals surface area contributed by atoms with Gasteiger partial charge in [0.2, 0.25) is 0 Å². The van der Waals surface area contributed by atoms with Crippen LogP contribution < -0.4 is 5.73 Å². The largest absolute Gasteiger partial charge is 0.507 e. The average Bonchev–Trinajstić information content (AvgIpc) is 2.33. The summed E-state index contributed by atoms with van der Waals surface area (Å²) in [6.07, 6.45) is 0. The van der Waals surface area contributed by atoms with Gasteiger partial charge in [-0.05, 0) is 32.4 Å². The van der Waals surface area contributed by atoms with Gasteiger partial charge in [-0.3, -0.25) is 4.79 Å². The number of methoxy groups -OCH3 is 1. The van der Waals surface area contributed by atoms with Crippen molar-refractivity contribution in [1.29, 1.82) is 0 Å². The summed E-state index contributed by atoms with van der Waals surface area (Å²) in [6, 6.07) is 1.67. The predicted molar refractivity (Wildman–Crippen MR) is 65.5 cm³/mol. The lowest BCUT2D eigenvalue weighted by molar-refractivity contribution is -0.152. The molecule has 100 valence electrons. The smallest absolute Gasteiger partial charge is 0.313 e. The minimum absolute atomic E-state index is 0.0644. The van der Waals surface area contributed by atoms with E-state index in [1.807, 2.05) is 0 Å². The first-order valence-electron chi connectivity index (χ1n) is 5.55. The summed E-state index contributed by atoms with van der Waals surface area (Å²) >= 11 is 0. The number of hydrogen-bond donors (Lipinski definition) is 2. The van der Waals surface area contributed by atoms with Crippen LogP contribution in [0.5, 0.6) is 5.75 Å². The van der Waals surface area contributed by atoms with Gasteiger partial charge in [0, 0.05) is 5.56 Å². The minimum Gasteiger partial charge on any atom is -0.507 e. The summed E-state index contributed by atoms with van der Waals surface area (Å²) in [6.45, 7) is 4.73. The molecule has 0 fully saturated rings. The predicted octanol–water partition coefficient (Wildman–Crippen LogP) is 2.04. The summed E-state index contributed by atoms with van der Waals surface area (Å²) in [5.74, 6) is -1.42. The zero-order valence-electron chi connectivity index (χ0n) is 11.0. The monoisotopic (exact) mass is 255 g/mol. The number of phenolic OH excluding ortho intramolecular Hbond substituents is 1. The number of ether oxygens (including phenoxy) is 1. The van der Waals surface area contributed by atoms with E-state index in [0.29, 0.717) is 5.56 Å². The number of esters is 1. The van der Waals surface area contributed by atoms with Crippen molar-refractivity contribution >= 4 is 5.97 Å². The number of aromatic hydroxyl groups is 1. The minimum atomic E-state index is -1.14. The van der Waals surface area contributed by atoms with Crippen molar-refractivity contribution in [3.05, 3.63) is 29.1 Å². The Kier molecular flexibility index (Phi) is 3.96. The fourth-order valence-corrected chi connectivity index (χ4v) is 1.74. The molecule has 0 aromatic heterocycles. The van der Waals surface area contributed by atoms with Gasteiger partial charge in [-0.1, -0.05) is 6.07 Å². The molecule has 0 saturated carbocycles. The van der Waals surface area contributed by atoms with Gasteiger partial charge in [-0.2, -0.15) is 0 Å². The van der Waals surface area contributed by atoms with Gasteiger partial charge in [-0.25, -0.2) is 4.39 Å². The van der Waals surface area contributed by atoms with Crippen LogP contribution in [0.1, 0.15) is 31.0 Å². The van der Waals surface area contributed by atoms with Crippen LogP contribution in [0.25, 0.3) is 0 Å². The van der Waals surface area contributed by atoms with Crippen molar-refractivity contribution in [2.24, 2.45) is 11.1 Å². The van der Waals surface area contributed by atoms with E-state index in [-0.39, 0.29) is 11.3 Å². The fourth-order valence-electron chi connectivity index (χ4n) is 1.74. The number of aryl methyl sites for hydroxylation is 1. The number of hydrogen-bond acceptors (Lipinski definition) is 4. The van der Waals surface area contributed by atoms with Crippen LogP contribution in [0, 0.1) is 18.2 Å². The Bertz CT molecular complexity index is 472. The Labute approximate surface area is 106 Å². The summed E-state index contributed by atoms with van der Waals surface area (Å²) in [5.41, 5.74) is 5.22. The molecule has 0 aliphatic carbocycles. The molecule has 0 spiro atoms. The first-order chi connectivity index (χ1) is 8.23. The summed E-state index contributed by atoms with van der Waals surface area (Å²) in [5, 5.41) is 9.89. The van der Waals surface area contributed by atoms with Gasteiger partial charge in [0.25, 0.3) is 0 Å². The average molecular weight is 255 g/mol. The quantitative estimate of drug-likeness (QED) is 0.811. The normalized spacial score (nSPS) is 13.2. The van der Waals surface area contributed by atoms with Crippen LogP contribution >= 0.6 is 0 Å². The molecule has 18 heavy (non-hydrogen) atoms. The molecule has 1 aromatic rings. The Balaban J connectivity index is 3.31. The van der Waals surface area contributed by atoms with Gasteiger partial charge in [0.05, 0.1) is 18.6 Å². The molecular weight excluding hydrogens is 237 g/mol. The molecule has 0 bridgehead atoms. The molecule has 0 aliphatic heterocycles. The van der Waals surface area contributed by atoms with E-state index >= 15 is 0 Å². The van der Waals surface area contributed by atoms with Gasteiger partial charge in [-0.15, -0.1) is 0 Å². The zero-order chi connectivity index (χ0) is 14.1. The van der Waals surface area contributed by atoms with Gasteiger partial charge in [0.15, 0.2) is 0 Å². The first-order valence-corrected chi connectivity index (χ1v) is 5.55. The highest BCUT2D eigenvalue weighted by atomic mass is 19.1. The third kappa shape index (κ3) is 2.31. The van der Waals surface area contributed by atoms with Gasteiger partial charge >= 0.3 is 5.97 Å². The topological polar surface area (TPSA) is 72.5 Å². The molecule has 4 nitrogen and oxygen atoms in total. The lowest BCUT2D eigenvalue weighted by Crippen LogP contribution is -2.38. The zero-order valence-corrected chi connectivity index (χ0v) is 11.0. The van der Waals surface area contributed by atoms with Crippen molar-refractivity contribution in [3.63, 3.8) is 0 Å². The van der Waals surface area contributed by atoms with Crippen LogP contribution in [0.4, 0.5) is 4.39 Å². The van der Waals surface area contributed by atoms with Crippen molar-refractivity contribution in [2.75, 3.05) is 7.11 Å². The number of carbonyl (C=O) groups excluding carboxylic acids is 1. The molecular formula is C13H18FNO3. The molecule has 3 N–H and O–H groups in total. The molecule has 1 aromatic carbocycles. The highest BCUT2D eigenvalue weighted by Crippen LogP contribution is 2.39. The van der Waals surface area contributed by atoms with E-state index in [2.05, 4.69) is 4.74 Å². The second kappa shape index (κ2) is 4.94. The second-order valence-electron chi connectivity index (χ2n) is 4.82. The van der Waals surface area contributed by atoms with E-state index < -0.39 is 23.2 Å². The highest BCUT2D eigenvalue weighted by Gasteiger charge is 2.39.